The van der Waals surface area contributed by atoms with Crippen molar-refractivity contribution < 1.29 is 4.74 Å². The van der Waals surface area contributed by atoms with E-state index in [-0.39, 0.29) is 6.10 Å². The molecule has 1 saturated heterocycles. The summed E-state index contributed by atoms with van der Waals surface area (Å²) in [4.78, 5) is 6.57. The topological polar surface area (TPSA) is 25.4 Å². The number of ether oxygens (including phenoxy) is 1. The predicted octanol–water partition coefficient (Wildman–Crippen LogP) is 2.83. The monoisotopic (exact) mass is 254 g/mol. The molecule has 98 valence electrons. The highest BCUT2D eigenvalue weighted by molar-refractivity contribution is 5.63. The summed E-state index contributed by atoms with van der Waals surface area (Å²) in [6.07, 6.45) is 5.05. The van der Waals surface area contributed by atoms with Gasteiger partial charge >= 0.3 is 0 Å². The van der Waals surface area contributed by atoms with E-state index in [4.69, 9.17) is 4.74 Å². The smallest absolute Gasteiger partial charge is 0.138 e. The minimum atomic E-state index is 0.290. The van der Waals surface area contributed by atoms with Gasteiger partial charge in [-0.15, -0.1) is 0 Å². The molecule has 2 aromatic rings. The van der Waals surface area contributed by atoms with Crippen LogP contribution >= 0.6 is 0 Å². The maximum Gasteiger partial charge on any atom is 0.138 e. The van der Waals surface area contributed by atoms with E-state index in [9.17, 15) is 0 Å². The Labute approximate surface area is 113 Å². The lowest BCUT2D eigenvalue weighted by atomic mass is 10.1. The Balaban J connectivity index is 1.77. The maximum absolute atomic E-state index is 6.00. The second-order valence-corrected chi connectivity index (χ2v) is 5.07. The van der Waals surface area contributed by atoms with E-state index in [1.165, 1.54) is 5.56 Å². The SMILES string of the molecule is CN1CC[C@@H](Oc2cncc(-c3ccccc3)c2)C1. The first-order chi connectivity index (χ1) is 9.31. The summed E-state index contributed by atoms with van der Waals surface area (Å²) >= 11 is 0. The molecule has 19 heavy (non-hydrogen) atoms. The van der Waals surface area contributed by atoms with Gasteiger partial charge in [0.1, 0.15) is 11.9 Å². The van der Waals surface area contributed by atoms with Crippen LogP contribution in [-0.2, 0) is 0 Å². The van der Waals surface area contributed by atoms with Crippen LogP contribution in [0.5, 0.6) is 5.75 Å². The molecule has 0 unspecified atom stereocenters. The standard InChI is InChI=1S/C16H18N2O/c1-18-8-7-15(12-18)19-16-9-14(10-17-11-16)13-5-3-2-4-6-13/h2-6,9-11,15H,7-8,12H2,1H3/t15-/m1/s1. The molecule has 0 radical (unpaired) electrons. The van der Waals surface area contributed by atoms with Gasteiger partial charge in [0, 0.05) is 24.8 Å². The number of rotatable bonds is 3. The Morgan fingerprint density at radius 2 is 2.00 bits per heavy atom. The van der Waals surface area contributed by atoms with Gasteiger partial charge in [-0.05, 0) is 25.1 Å². The van der Waals surface area contributed by atoms with Crippen molar-refractivity contribution in [3.63, 3.8) is 0 Å². The van der Waals surface area contributed by atoms with Crippen molar-refractivity contribution in [2.75, 3.05) is 20.1 Å². The van der Waals surface area contributed by atoms with Crippen molar-refractivity contribution >= 4 is 0 Å². The molecule has 0 spiro atoms. The lowest BCUT2D eigenvalue weighted by Crippen LogP contribution is -2.21. The molecule has 0 aliphatic carbocycles. The Kier molecular flexibility index (Phi) is 3.47. The Morgan fingerprint density at radius 1 is 1.16 bits per heavy atom. The van der Waals surface area contributed by atoms with Crippen LogP contribution in [0.3, 0.4) is 0 Å². The Bertz CT molecular complexity index is 541. The molecule has 1 fully saturated rings. The van der Waals surface area contributed by atoms with Crippen molar-refractivity contribution in [3.05, 3.63) is 48.8 Å². The van der Waals surface area contributed by atoms with Crippen molar-refractivity contribution in [3.8, 4) is 16.9 Å². The lowest BCUT2D eigenvalue weighted by Gasteiger charge is -2.14. The zero-order valence-corrected chi connectivity index (χ0v) is 11.1. The van der Waals surface area contributed by atoms with E-state index in [1.807, 2.05) is 24.4 Å². The fraction of sp³-hybridized carbons (Fsp3) is 0.312. The number of hydrogen-bond acceptors (Lipinski definition) is 3. The molecule has 0 saturated carbocycles. The summed E-state index contributed by atoms with van der Waals surface area (Å²) in [7, 11) is 2.13. The first-order valence-corrected chi connectivity index (χ1v) is 6.67. The number of hydrogen-bond donors (Lipinski definition) is 0. The molecule has 0 amide bonds. The van der Waals surface area contributed by atoms with Gasteiger partial charge in [0.2, 0.25) is 0 Å². The molecule has 3 heteroatoms. The van der Waals surface area contributed by atoms with Gasteiger partial charge in [-0.25, -0.2) is 0 Å². The molecule has 3 rings (SSSR count). The third-order valence-electron chi connectivity index (χ3n) is 3.47. The van der Waals surface area contributed by atoms with Gasteiger partial charge < -0.3 is 9.64 Å². The van der Waals surface area contributed by atoms with Crippen LogP contribution in [0.1, 0.15) is 6.42 Å². The summed E-state index contributed by atoms with van der Waals surface area (Å²) in [5.74, 6) is 0.863. The van der Waals surface area contributed by atoms with Gasteiger partial charge in [0.05, 0.1) is 6.20 Å². The van der Waals surface area contributed by atoms with Crippen LogP contribution in [0, 0.1) is 0 Å². The van der Waals surface area contributed by atoms with Crippen LogP contribution in [0.15, 0.2) is 48.8 Å². The summed E-state index contributed by atoms with van der Waals surface area (Å²) < 4.78 is 6.00. The largest absolute Gasteiger partial charge is 0.487 e. The molecule has 1 aliphatic rings. The summed E-state index contributed by atoms with van der Waals surface area (Å²) in [5.41, 5.74) is 2.27. The maximum atomic E-state index is 6.00. The zero-order chi connectivity index (χ0) is 13.1. The van der Waals surface area contributed by atoms with Crippen molar-refractivity contribution in [2.24, 2.45) is 0 Å². The van der Waals surface area contributed by atoms with Gasteiger partial charge in [-0.2, -0.15) is 0 Å². The van der Waals surface area contributed by atoms with Gasteiger partial charge in [-0.1, -0.05) is 30.3 Å². The van der Waals surface area contributed by atoms with Crippen LogP contribution in [0.4, 0.5) is 0 Å². The number of benzene rings is 1. The fourth-order valence-corrected chi connectivity index (χ4v) is 2.45. The van der Waals surface area contributed by atoms with E-state index in [0.717, 1.165) is 30.8 Å². The molecular weight excluding hydrogens is 236 g/mol. The molecule has 1 aromatic carbocycles. The van der Waals surface area contributed by atoms with Crippen molar-refractivity contribution in [1.82, 2.24) is 9.88 Å². The molecule has 1 atom stereocenters. The average molecular weight is 254 g/mol. The Hall–Kier alpha value is -1.87. The zero-order valence-electron chi connectivity index (χ0n) is 11.1. The third-order valence-corrected chi connectivity index (χ3v) is 3.47. The first-order valence-electron chi connectivity index (χ1n) is 6.67. The van der Waals surface area contributed by atoms with E-state index in [0.29, 0.717) is 0 Å². The highest BCUT2D eigenvalue weighted by Crippen LogP contribution is 2.24. The quantitative estimate of drug-likeness (QED) is 0.842. The summed E-state index contributed by atoms with van der Waals surface area (Å²) in [6, 6.07) is 12.3. The number of likely N-dealkylation sites (N-methyl/N-ethyl adjacent to an activating group) is 1. The van der Waals surface area contributed by atoms with Gasteiger partial charge in [-0.3, -0.25) is 4.98 Å². The van der Waals surface area contributed by atoms with Crippen molar-refractivity contribution in [2.45, 2.75) is 12.5 Å². The van der Waals surface area contributed by atoms with Crippen molar-refractivity contribution in [1.29, 1.82) is 0 Å². The Morgan fingerprint density at radius 3 is 2.74 bits per heavy atom. The second kappa shape index (κ2) is 5.41. The highest BCUT2D eigenvalue weighted by Gasteiger charge is 2.20. The highest BCUT2D eigenvalue weighted by atomic mass is 16.5. The van der Waals surface area contributed by atoms with Crippen LogP contribution in [0.2, 0.25) is 0 Å². The average Bonchev–Trinajstić information content (AvgIpc) is 2.85. The minimum Gasteiger partial charge on any atom is -0.487 e. The molecule has 1 aromatic heterocycles. The normalized spacial score (nSPS) is 19.5. The van der Waals surface area contributed by atoms with E-state index in [1.54, 1.807) is 6.20 Å². The predicted molar refractivity (Wildman–Crippen MR) is 76.2 cm³/mol. The molecule has 2 heterocycles. The van der Waals surface area contributed by atoms with Crippen LogP contribution in [0.25, 0.3) is 11.1 Å². The second-order valence-electron chi connectivity index (χ2n) is 5.07. The minimum absolute atomic E-state index is 0.290. The summed E-state index contributed by atoms with van der Waals surface area (Å²) in [5, 5.41) is 0. The van der Waals surface area contributed by atoms with Crippen LogP contribution in [-0.4, -0.2) is 36.1 Å². The molecule has 3 nitrogen and oxygen atoms in total. The third kappa shape index (κ3) is 2.93. The lowest BCUT2D eigenvalue weighted by molar-refractivity contribution is 0.207. The molecule has 1 aliphatic heterocycles. The molecule has 0 bridgehead atoms. The fourth-order valence-electron chi connectivity index (χ4n) is 2.45. The summed E-state index contributed by atoms with van der Waals surface area (Å²) in [6.45, 7) is 2.10. The molecular formula is C16H18N2O. The van der Waals surface area contributed by atoms with Gasteiger partial charge in [0.25, 0.3) is 0 Å². The first kappa shape index (κ1) is 12.2. The van der Waals surface area contributed by atoms with Gasteiger partial charge in [0.15, 0.2) is 0 Å². The molecule has 0 N–H and O–H groups in total. The number of pyridine rings is 1. The number of likely N-dealkylation sites (tertiary alicyclic amines) is 1. The number of aromatic nitrogens is 1. The number of nitrogens with zero attached hydrogens (tertiary/aromatic N) is 2. The van der Waals surface area contributed by atoms with E-state index < -0.39 is 0 Å². The van der Waals surface area contributed by atoms with E-state index in [2.05, 4.69) is 35.1 Å². The van der Waals surface area contributed by atoms with Crippen LogP contribution < -0.4 is 4.74 Å². The van der Waals surface area contributed by atoms with E-state index >= 15 is 0 Å².